The van der Waals surface area contributed by atoms with Gasteiger partial charge in [0, 0.05) is 11.6 Å². The molecular weight excluding hydrogens is 241 g/mol. The van der Waals surface area contributed by atoms with Crippen LogP contribution in [0.3, 0.4) is 0 Å². The van der Waals surface area contributed by atoms with Crippen LogP contribution in [-0.2, 0) is 0 Å². The molecule has 0 aromatic heterocycles. The predicted octanol–water partition coefficient (Wildman–Crippen LogP) is 4.44. The molecule has 1 rings (SSSR count). The molecule has 0 fully saturated rings. The zero-order valence-electron chi connectivity index (χ0n) is 12.3. The summed E-state index contributed by atoms with van der Waals surface area (Å²) >= 11 is 0. The molecule has 0 bridgehead atoms. The normalized spacial score (nSPS) is 14.2. The summed E-state index contributed by atoms with van der Waals surface area (Å²) in [5, 5.41) is 0. The lowest BCUT2D eigenvalue weighted by Crippen LogP contribution is -2.15. The van der Waals surface area contributed by atoms with Gasteiger partial charge in [-0.05, 0) is 25.3 Å². The molecule has 0 radical (unpaired) electrons. The summed E-state index contributed by atoms with van der Waals surface area (Å²) in [5.74, 6) is 0.494. The molecule has 0 saturated carbocycles. The fourth-order valence-electron chi connectivity index (χ4n) is 2.14. The molecule has 0 saturated heterocycles. The van der Waals surface area contributed by atoms with Gasteiger partial charge in [0.05, 0.1) is 6.61 Å². The number of halogens is 1. The van der Waals surface area contributed by atoms with Crippen LogP contribution < -0.4 is 10.5 Å². The van der Waals surface area contributed by atoms with E-state index in [1.165, 1.54) is 18.9 Å². The highest BCUT2D eigenvalue weighted by Gasteiger charge is 2.15. The Morgan fingerprint density at radius 1 is 1.32 bits per heavy atom. The van der Waals surface area contributed by atoms with E-state index in [0.29, 0.717) is 18.3 Å². The number of para-hydroxylation sites is 1. The minimum atomic E-state index is -0.319. The van der Waals surface area contributed by atoms with E-state index in [1.54, 1.807) is 6.07 Å². The monoisotopic (exact) mass is 267 g/mol. The van der Waals surface area contributed by atoms with Gasteiger partial charge >= 0.3 is 0 Å². The van der Waals surface area contributed by atoms with Crippen LogP contribution in [0.25, 0.3) is 0 Å². The van der Waals surface area contributed by atoms with Gasteiger partial charge in [0.15, 0.2) is 11.6 Å². The zero-order chi connectivity index (χ0) is 14.3. The van der Waals surface area contributed by atoms with Crippen molar-refractivity contribution in [3.63, 3.8) is 0 Å². The Hall–Kier alpha value is -1.09. The summed E-state index contributed by atoms with van der Waals surface area (Å²) in [6.07, 6.45) is 4.57. The second-order valence-corrected chi connectivity index (χ2v) is 5.17. The van der Waals surface area contributed by atoms with Gasteiger partial charge in [-0.15, -0.1) is 0 Å². The van der Waals surface area contributed by atoms with Crippen LogP contribution in [0.15, 0.2) is 18.2 Å². The van der Waals surface area contributed by atoms with E-state index in [-0.39, 0.29) is 11.9 Å². The van der Waals surface area contributed by atoms with Crippen LogP contribution in [0, 0.1) is 11.7 Å². The number of rotatable bonds is 8. The second kappa shape index (κ2) is 8.16. The van der Waals surface area contributed by atoms with Crippen LogP contribution in [0.4, 0.5) is 4.39 Å². The minimum Gasteiger partial charge on any atom is -0.490 e. The molecule has 0 aliphatic heterocycles. The van der Waals surface area contributed by atoms with Crippen molar-refractivity contribution in [2.75, 3.05) is 6.61 Å². The van der Waals surface area contributed by atoms with E-state index >= 15 is 0 Å². The summed E-state index contributed by atoms with van der Waals surface area (Å²) < 4.78 is 19.6. The standard InChI is InChI=1S/C16H26FNO/c1-4-6-8-13(5-2)11-19-16-14(12(3)18)9-7-10-15(16)17/h7,9-10,12-13H,4-6,8,11,18H2,1-3H3/t12-,13?/m0/s1. The molecule has 19 heavy (non-hydrogen) atoms. The number of unbranched alkanes of at least 4 members (excludes halogenated alkanes) is 1. The lowest BCUT2D eigenvalue weighted by molar-refractivity contribution is 0.222. The average Bonchev–Trinajstić information content (AvgIpc) is 2.40. The smallest absolute Gasteiger partial charge is 0.165 e. The molecule has 0 aliphatic rings. The number of hydrogen-bond acceptors (Lipinski definition) is 2. The molecule has 0 aliphatic carbocycles. The van der Waals surface area contributed by atoms with E-state index in [4.69, 9.17) is 10.5 Å². The first kappa shape index (κ1) is 16.0. The predicted molar refractivity (Wildman–Crippen MR) is 77.8 cm³/mol. The Morgan fingerprint density at radius 2 is 2.05 bits per heavy atom. The molecule has 1 unspecified atom stereocenters. The number of benzene rings is 1. The first-order valence-corrected chi connectivity index (χ1v) is 7.26. The third-order valence-corrected chi connectivity index (χ3v) is 3.49. The molecule has 108 valence electrons. The average molecular weight is 267 g/mol. The van der Waals surface area contributed by atoms with Gasteiger partial charge in [-0.1, -0.05) is 45.2 Å². The fraction of sp³-hybridized carbons (Fsp3) is 0.625. The zero-order valence-corrected chi connectivity index (χ0v) is 12.3. The number of hydrogen-bond donors (Lipinski definition) is 1. The van der Waals surface area contributed by atoms with Crippen molar-refractivity contribution in [1.29, 1.82) is 0 Å². The van der Waals surface area contributed by atoms with E-state index in [2.05, 4.69) is 13.8 Å². The van der Waals surface area contributed by atoms with Crippen LogP contribution in [-0.4, -0.2) is 6.61 Å². The van der Waals surface area contributed by atoms with E-state index < -0.39 is 0 Å². The first-order chi connectivity index (χ1) is 9.10. The minimum absolute atomic E-state index is 0.221. The van der Waals surface area contributed by atoms with E-state index in [1.807, 2.05) is 13.0 Å². The van der Waals surface area contributed by atoms with Crippen LogP contribution in [0.1, 0.15) is 58.1 Å². The highest BCUT2D eigenvalue weighted by molar-refractivity contribution is 5.36. The van der Waals surface area contributed by atoms with Gasteiger partial charge in [-0.25, -0.2) is 4.39 Å². The van der Waals surface area contributed by atoms with Gasteiger partial charge in [0.1, 0.15) is 0 Å². The van der Waals surface area contributed by atoms with Crippen LogP contribution in [0.2, 0.25) is 0 Å². The highest BCUT2D eigenvalue weighted by Crippen LogP contribution is 2.28. The molecule has 0 spiro atoms. The van der Waals surface area contributed by atoms with Gasteiger partial charge in [0.25, 0.3) is 0 Å². The second-order valence-electron chi connectivity index (χ2n) is 5.17. The van der Waals surface area contributed by atoms with Gasteiger partial charge < -0.3 is 10.5 Å². The molecule has 0 amide bonds. The van der Waals surface area contributed by atoms with Gasteiger partial charge in [0.2, 0.25) is 0 Å². The Morgan fingerprint density at radius 3 is 2.63 bits per heavy atom. The molecular formula is C16H26FNO. The maximum Gasteiger partial charge on any atom is 0.165 e. The number of ether oxygens (including phenoxy) is 1. The van der Waals surface area contributed by atoms with E-state index in [9.17, 15) is 4.39 Å². The molecule has 0 heterocycles. The van der Waals surface area contributed by atoms with E-state index in [0.717, 1.165) is 18.4 Å². The summed E-state index contributed by atoms with van der Waals surface area (Å²) in [6.45, 7) is 6.74. The summed E-state index contributed by atoms with van der Waals surface area (Å²) in [4.78, 5) is 0. The summed E-state index contributed by atoms with van der Waals surface area (Å²) in [5.41, 5.74) is 6.60. The third kappa shape index (κ3) is 4.83. The van der Waals surface area contributed by atoms with Crippen molar-refractivity contribution in [2.45, 2.75) is 52.5 Å². The third-order valence-electron chi connectivity index (χ3n) is 3.49. The molecule has 2 N–H and O–H groups in total. The largest absolute Gasteiger partial charge is 0.490 e. The van der Waals surface area contributed by atoms with Crippen molar-refractivity contribution >= 4 is 0 Å². The van der Waals surface area contributed by atoms with Crippen molar-refractivity contribution in [3.05, 3.63) is 29.6 Å². The molecule has 3 heteroatoms. The topological polar surface area (TPSA) is 35.2 Å². The van der Waals surface area contributed by atoms with Crippen molar-refractivity contribution < 1.29 is 9.13 Å². The number of nitrogens with two attached hydrogens (primary N) is 1. The maximum absolute atomic E-state index is 13.8. The first-order valence-electron chi connectivity index (χ1n) is 7.26. The van der Waals surface area contributed by atoms with Crippen molar-refractivity contribution in [1.82, 2.24) is 0 Å². The van der Waals surface area contributed by atoms with Crippen molar-refractivity contribution in [2.24, 2.45) is 11.7 Å². The summed E-state index contributed by atoms with van der Waals surface area (Å²) in [7, 11) is 0. The van der Waals surface area contributed by atoms with Crippen molar-refractivity contribution in [3.8, 4) is 5.75 Å². The van der Waals surface area contributed by atoms with Crippen LogP contribution in [0.5, 0.6) is 5.75 Å². The summed E-state index contributed by atoms with van der Waals surface area (Å²) in [6, 6.07) is 4.71. The molecule has 2 nitrogen and oxygen atoms in total. The Balaban J connectivity index is 2.70. The maximum atomic E-state index is 13.8. The van der Waals surface area contributed by atoms with Crippen LogP contribution >= 0.6 is 0 Å². The lowest BCUT2D eigenvalue weighted by atomic mass is 10.0. The Bertz CT molecular complexity index is 379. The van der Waals surface area contributed by atoms with Gasteiger partial charge in [-0.2, -0.15) is 0 Å². The lowest BCUT2D eigenvalue weighted by Gasteiger charge is -2.19. The molecule has 2 atom stereocenters. The Kier molecular flexibility index (Phi) is 6.85. The SMILES string of the molecule is CCCCC(CC)COc1c(F)cccc1[C@H](C)N. The Labute approximate surface area is 116 Å². The highest BCUT2D eigenvalue weighted by atomic mass is 19.1. The van der Waals surface area contributed by atoms with Gasteiger partial charge in [-0.3, -0.25) is 0 Å². The molecule has 1 aromatic carbocycles. The quantitative estimate of drug-likeness (QED) is 0.755. The fourth-order valence-corrected chi connectivity index (χ4v) is 2.14. The molecule has 1 aromatic rings.